The summed E-state index contributed by atoms with van der Waals surface area (Å²) in [7, 11) is 0. The van der Waals surface area contributed by atoms with Gasteiger partial charge in [-0.3, -0.25) is 14.5 Å². The van der Waals surface area contributed by atoms with E-state index in [2.05, 4.69) is 15.3 Å². The second kappa shape index (κ2) is 8.11. The fourth-order valence-electron chi connectivity index (χ4n) is 3.07. The predicted molar refractivity (Wildman–Crippen MR) is 97.6 cm³/mol. The summed E-state index contributed by atoms with van der Waals surface area (Å²) in [6.45, 7) is 2.47. The molecule has 2 aliphatic rings. The summed E-state index contributed by atoms with van der Waals surface area (Å²) in [4.78, 5) is 35.1. The van der Waals surface area contributed by atoms with Gasteiger partial charge < -0.3 is 5.32 Å². The Kier molecular flexibility index (Phi) is 5.89. The number of hydrogen-bond donors (Lipinski definition) is 1. The zero-order chi connectivity index (χ0) is 16.9. The summed E-state index contributed by atoms with van der Waals surface area (Å²) in [5.41, 5.74) is 0. The van der Waals surface area contributed by atoms with Gasteiger partial charge >= 0.3 is 0 Å². The molecule has 2 heterocycles. The van der Waals surface area contributed by atoms with Crippen molar-refractivity contribution in [3.63, 3.8) is 0 Å². The molecule has 2 amide bonds. The monoisotopic (exact) mass is 366 g/mol. The molecule has 0 spiro atoms. The molecule has 1 aromatic rings. The van der Waals surface area contributed by atoms with Gasteiger partial charge in [0.2, 0.25) is 16.9 Å². The molecule has 0 bridgehead atoms. The van der Waals surface area contributed by atoms with Gasteiger partial charge in [0.1, 0.15) is 5.25 Å². The van der Waals surface area contributed by atoms with Crippen molar-refractivity contribution in [2.24, 2.45) is 4.99 Å². The molecule has 1 atom stereocenters. The highest BCUT2D eigenvalue weighted by molar-refractivity contribution is 8.15. The number of carbonyl (C=O) groups excluding carboxylic acids is 2. The Bertz CT molecular complexity index is 612. The van der Waals surface area contributed by atoms with Crippen molar-refractivity contribution in [3.05, 3.63) is 11.6 Å². The van der Waals surface area contributed by atoms with Crippen LogP contribution in [0.25, 0.3) is 0 Å². The Morgan fingerprint density at radius 3 is 2.88 bits per heavy atom. The number of nitrogens with zero attached hydrogens (tertiary/aromatic N) is 3. The van der Waals surface area contributed by atoms with Crippen molar-refractivity contribution in [1.29, 1.82) is 0 Å². The number of hydrogen-bond acceptors (Lipinski definition) is 6. The van der Waals surface area contributed by atoms with Crippen molar-refractivity contribution in [3.8, 4) is 0 Å². The second-order valence-electron chi connectivity index (χ2n) is 6.00. The lowest BCUT2D eigenvalue weighted by molar-refractivity contribution is -0.129. The minimum absolute atomic E-state index is 0.0284. The molecule has 130 valence electrons. The van der Waals surface area contributed by atoms with E-state index in [1.54, 1.807) is 11.1 Å². The number of carbonyl (C=O) groups is 2. The molecule has 0 radical (unpaired) electrons. The zero-order valence-corrected chi connectivity index (χ0v) is 15.4. The number of rotatable bonds is 5. The van der Waals surface area contributed by atoms with Crippen LogP contribution in [0.2, 0.25) is 0 Å². The number of nitrogens with one attached hydrogen (secondary N) is 1. The molecule has 1 saturated heterocycles. The van der Waals surface area contributed by atoms with Gasteiger partial charge in [0.15, 0.2) is 5.17 Å². The van der Waals surface area contributed by atoms with Crippen molar-refractivity contribution >= 4 is 45.2 Å². The molecule has 1 aliphatic heterocycles. The lowest BCUT2D eigenvalue weighted by Gasteiger charge is -2.23. The average Bonchev–Trinajstić information content (AvgIpc) is 3.17. The van der Waals surface area contributed by atoms with Gasteiger partial charge in [-0.05, 0) is 19.8 Å². The van der Waals surface area contributed by atoms with Crippen molar-refractivity contribution in [1.82, 2.24) is 15.2 Å². The molecule has 3 rings (SSSR count). The molecule has 24 heavy (non-hydrogen) atoms. The van der Waals surface area contributed by atoms with Crippen LogP contribution < -0.4 is 5.32 Å². The van der Waals surface area contributed by atoms with Gasteiger partial charge in [0.05, 0.1) is 0 Å². The molecule has 0 aromatic carbocycles. The molecule has 1 unspecified atom stereocenters. The normalized spacial score (nSPS) is 23.9. The third-order valence-corrected chi connectivity index (χ3v) is 6.13. The maximum Gasteiger partial charge on any atom is 0.242 e. The SMILES string of the molecule is CCN1C(=O)C(CC(=O)NC2CCCCC2)SC1=Nc1nccs1. The first-order chi connectivity index (χ1) is 11.7. The van der Waals surface area contributed by atoms with E-state index in [-0.39, 0.29) is 29.5 Å². The smallest absolute Gasteiger partial charge is 0.242 e. The fourth-order valence-corrected chi connectivity index (χ4v) is 4.84. The maximum absolute atomic E-state index is 12.5. The summed E-state index contributed by atoms with van der Waals surface area (Å²) in [6.07, 6.45) is 7.62. The Hall–Kier alpha value is -1.41. The lowest BCUT2D eigenvalue weighted by Crippen LogP contribution is -2.39. The van der Waals surface area contributed by atoms with E-state index in [9.17, 15) is 9.59 Å². The number of thiazole rings is 1. The molecule has 1 aliphatic carbocycles. The first-order valence-corrected chi connectivity index (χ1v) is 10.2. The van der Waals surface area contributed by atoms with Crippen LogP contribution in [0.3, 0.4) is 0 Å². The summed E-state index contributed by atoms with van der Waals surface area (Å²) in [5, 5.41) is 5.84. The Morgan fingerprint density at radius 2 is 2.21 bits per heavy atom. The van der Waals surface area contributed by atoms with Gasteiger partial charge in [-0.2, -0.15) is 4.99 Å². The minimum atomic E-state index is -0.382. The number of aromatic nitrogens is 1. The van der Waals surface area contributed by atoms with Crippen LogP contribution in [0.15, 0.2) is 16.6 Å². The first kappa shape index (κ1) is 17.4. The third kappa shape index (κ3) is 4.16. The first-order valence-electron chi connectivity index (χ1n) is 8.43. The van der Waals surface area contributed by atoms with Crippen molar-refractivity contribution < 1.29 is 9.59 Å². The highest BCUT2D eigenvalue weighted by Crippen LogP contribution is 2.32. The van der Waals surface area contributed by atoms with Crippen LogP contribution in [-0.4, -0.2) is 44.7 Å². The van der Waals surface area contributed by atoms with Gasteiger partial charge in [0, 0.05) is 30.6 Å². The number of aliphatic imine (C=N–C) groups is 1. The fraction of sp³-hybridized carbons (Fsp3) is 0.625. The summed E-state index contributed by atoms with van der Waals surface area (Å²) >= 11 is 2.80. The van der Waals surface area contributed by atoms with Crippen LogP contribution in [0.5, 0.6) is 0 Å². The Balaban J connectivity index is 1.61. The van der Waals surface area contributed by atoms with Crippen LogP contribution in [0.1, 0.15) is 45.4 Å². The molecule has 1 N–H and O–H groups in total. The van der Waals surface area contributed by atoms with Gasteiger partial charge in [-0.25, -0.2) is 4.98 Å². The zero-order valence-electron chi connectivity index (χ0n) is 13.7. The average molecular weight is 367 g/mol. The molecule has 8 heteroatoms. The summed E-state index contributed by atoms with van der Waals surface area (Å²) < 4.78 is 0. The van der Waals surface area contributed by atoms with Gasteiger partial charge in [-0.15, -0.1) is 11.3 Å². The van der Waals surface area contributed by atoms with E-state index < -0.39 is 0 Å². The van der Waals surface area contributed by atoms with Crippen LogP contribution in [-0.2, 0) is 9.59 Å². The van der Waals surface area contributed by atoms with E-state index in [4.69, 9.17) is 0 Å². The van der Waals surface area contributed by atoms with Crippen LogP contribution in [0, 0.1) is 0 Å². The predicted octanol–water partition coefficient (Wildman–Crippen LogP) is 2.93. The van der Waals surface area contributed by atoms with E-state index in [1.165, 1.54) is 42.4 Å². The minimum Gasteiger partial charge on any atom is -0.353 e. The highest BCUT2D eigenvalue weighted by atomic mass is 32.2. The second-order valence-corrected chi connectivity index (χ2v) is 8.05. The summed E-state index contributed by atoms with van der Waals surface area (Å²) in [5.74, 6) is -0.0594. The molecule has 6 nitrogen and oxygen atoms in total. The maximum atomic E-state index is 12.5. The van der Waals surface area contributed by atoms with Crippen LogP contribution >= 0.6 is 23.1 Å². The summed E-state index contributed by atoms with van der Waals surface area (Å²) in [6, 6.07) is 0.276. The van der Waals surface area contributed by atoms with E-state index in [0.717, 1.165) is 12.8 Å². The number of thioether (sulfide) groups is 1. The van der Waals surface area contributed by atoms with E-state index >= 15 is 0 Å². The quantitative estimate of drug-likeness (QED) is 0.869. The number of amidine groups is 1. The molecule has 1 aromatic heterocycles. The Morgan fingerprint density at radius 1 is 1.42 bits per heavy atom. The van der Waals surface area contributed by atoms with Gasteiger partial charge in [0.25, 0.3) is 0 Å². The topological polar surface area (TPSA) is 74.7 Å². The lowest BCUT2D eigenvalue weighted by atomic mass is 9.95. The van der Waals surface area contributed by atoms with Crippen LogP contribution in [0.4, 0.5) is 5.13 Å². The molecule has 2 fully saturated rings. The number of amides is 2. The molecule has 1 saturated carbocycles. The Labute approximate surface area is 150 Å². The standard InChI is InChI=1S/C16H22N4O2S2/c1-2-20-14(22)12(24-16(20)19-15-17-8-9-23-15)10-13(21)18-11-6-4-3-5-7-11/h8-9,11-12H,2-7,10H2,1H3,(H,18,21). The van der Waals surface area contributed by atoms with Gasteiger partial charge in [-0.1, -0.05) is 31.0 Å². The van der Waals surface area contributed by atoms with Crippen molar-refractivity contribution in [2.75, 3.05) is 6.54 Å². The largest absolute Gasteiger partial charge is 0.353 e. The van der Waals surface area contributed by atoms with Crippen molar-refractivity contribution in [2.45, 2.75) is 56.7 Å². The third-order valence-electron chi connectivity index (χ3n) is 4.29. The van der Waals surface area contributed by atoms with E-state index in [1.807, 2.05) is 12.3 Å². The highest BCUT2D eigenvalue weighted by Gasteiger charge is 2.38. The molecular formula is C16H22N4O2S2. The van der Waals surface area contributed by atoms with E-state index in [0.29, 0.717) is 16.8 Å². The molecular weight excluding hydrogens is 344 g/mol.